The van der Waals surface area contributed by atoms with Crippen LogP contribution < -0.4 is 0 Å². The van der Waals surface area contributed by atoms with Crippen LogP contribution in [0, 0.1) is 0 Å². The fourth-order valence-electron chi connectivity index (χ4n) is 3.74. The third kappa shape index (κ3) is 5.08. The van der Waals surface area contributed by atoms with E-state index in [1.165, 1.54) is 0 Å². The van der Waals surface area contributed by atoms with Gasteiger partial charge in [-0.25, -0.2) is 14.5 Å². The highest BCUT2D eigenvalue weighted by molar-refractivity contribution is 5.86. The predicted molar refractivity (Wildman–Crippen MR) is 122 cm³/mol. The maximum Gasteiger partial charge on any atom is 0.352 e. The summed E-state index contributed by atoms with van der Waals surface area (Å²) in [6.07, 6.45) is 4.47. The van der Waals surface area contributed by atoms with Crippen molar-refractivity contribution in [2.24, 2.45) is 0 Å². The first kappa shape index (κ1) is 23.7. The Morgan fingerprint density at radius 1 is 1.09 bits per heavy atom. The summed E-state index contributed by atoms with van der Waals surface area (Å²) in [5, 5.41) is 13.9. The number of nitrogens with zero attached hydrogens (tertiary/aromatic N) is 3. The topological polar surface area (TPSA) is 102 Å². The van der Waals surface area contributed by atoms with Crippen LogP contribution in [-0.4, -0.2) is 45.0 Å². The van der Waals surface area contributed by atoms with Gasteiger partial charge in [0.1, 0.15) is 11.5 Å². The molecule has 0 saturated heterocycles. The molecule has 1 aromatic carbocycles. The van der Waals surface area contributed by atoms with Gasteiger partial charge in [0.05, 0.1) is 6.54 Å². The Bertz CT molecular complexity index is 1020. The maximum absolute atomic E-state index is 11.1. The number of benzene rings is 1. The van der Waals surface area contributed by atoms with Gasteiger partial charge < -0.3 is 19.6 Å². The van der Waals surface area contributed by atoms with E-state index in [2.05, 4.69) is 18.8 Å². The summed E-state index contributed by atoms with van der Waals surface area (Å²) in [7, 11) is 3.25. The molecule has 172 valence electrons. The molecule has 8 heteroatoms. The standard InChI is InChI=1S/C24H32N4O4/c1-5-7-8-21-26-23(24(31-3,32-4)15-6-2)27-28(21)16-17-9-11-18(12-10-17)19-13-14-20(25-19)22(29)30/h9-14,25H,5-8,15-16H2,1-4H3,(H,29,30). The normalized spacial score (nSPS) is 11.8. The highest BCUT2D eigenvalue weighted by Gasteiger charge is 2.36. The van der Waals surface area contributed by atoms with Gasteiger partial charge in [0.2, 0.25) is 11.6 Å². The number of hydrogen-bond donors (Lipinski definition) is 2. The lowest BCUT2D eigenvalue weighted by molar-refractivity contribution is -0.225. The number of unbranched alkanes of at least 4 members (excludes halogenated alkanes) is 1. The number of methoxy groups -OCH3 is 2. The average Bonchev–Trinajstić information content (AvgIpc) is 3.45. The molecule has 2 aromatic heterocycles. The van der Waals surface area contributed by atoms with E-state index < -0.39 is 11.8 Å². The number of aromatic nitrogens is 4. The van der Waals surface area contributed by atoms with E-state index in [4.69, 9.17) is 24.7 Å². The Morgan fingerprint density at radius 3 is 2.38 bits per heavy atom. The first-order valence-corrected chi connectivity index (χ1v) is 11.0. The van der Waals surface area contributed by atoms with Crippen LogP contribution in [-0.2, 0) is 28.2 Å². The zero-order valence-corrected chi connectivity index (χ0v) is 19.2. The molecule has 0 amide bonds. The van der Waals surface area contributed by atoms with Gasteiger partial charge in [-0.1, -0.05) is 51.0 Å². The number of aromatic carboxylic acids is 1. The zero-order valence-electron chi connectivity index (χ0n) is 19.2. The van der Waals surface area contributed by atoms with Crippen molar-refractivity contribution in [2.75, 3.05) is 14.2 Å². The van der Waals surface area contributed by atoms with Crippen LogP contribution in [0.25, 0.3) is 11.3 Å². The number of carbonyl (C=O) groups is 1. The summed E-state index contributed by atoms with van der Waals surface area (Å²) < 4.78 is 13.4. The number of H-pyrrole nitrogens is 1. The highest BCUT2D eigenvalue weighted by Crippen LogP contribution is 2.29. The minimum atomic E-state index is -0.972. The van der Waals surface area contributed by atoms with Crippen LogP contribution in [0.1, 0.15) is 67.2 Å². The summed E-state index contributed by atoms with van der Waals surface area (Å²) in [6, 6.07) is 11.3. The van der Waals surface area contributed by atoms with E-state index in [0.717, 1.165) is 48.3 Å². The summed E-state index contributed by atoms with van der Waals surface area (Å²) in [6.45, 7) is 4.81. The lowest BCUT2D eigenvalue weighted by Gasteiger charge is -2.27. The van der Waals surface area contributed by atoms with Crippen LogP contribution in [0.4, 0.5) is 0 Å². The van der Waals surface area contributed by atoms with E-state index in [1.807, 2.05) is 28.9 Å². The summed E-state index contributed by atoms with van der Waals surface area (Å²) in [5.74, 6) is -0.448. The molecule has 0 aliphatic rings. The van der Waals surface area contributed by atoms with Gasteiger partial charge >= 0.3 is 5.97 Å². The van der Waals surface area contributed by atoms with Crippen molar-refractivity contribution >= 4 is 5.97 Å². The van der Waals surface area contributed by atoms with Crippen molar-refractivity contribution in [1.82, 2.24) is 19.7 Å². The molecule has 3 aromatic rings. The molecule has 2 N–H and O–H groups in total. The van der Waals surface area contributed by atoms with E-state index in [1.54, 1.807) is 26.4 Å². The number of aromatic amines is 1. The third-order valence-electron chi connectivity index (χ3n) is 5.60. The van der Waals surface area contributed by atoms with Crippen LogP contribution in [0.5, 0.6) is 0 Å². The van der Waals surface area contributed by atoms with Gasteiger partial charge in [0.15, 0.2) is 0 Å². The molecule has 0 atom stereocenters. The van der Waals surface area contributed by atoms with Crippen molar-refractivity contribution in [1.29, 1.82) is 0 Å². The lowest BCUT2D eigenvalue weighted by atomic mass is 10.1. The Morgan fingerprint density at radius 2 is 1.81 bits per heavy atom. The van der Waals surface area contributed by atoms with Gasteiger partial charge in [-0.15, -0.1) is 5.10 Å². The minimum absolute atomic E-state index is 0.173. The van der Waals surface area contributed by atoms with Crippen molar-refractivity contribution < 1.29 is 19.4 Å². The molecule has 0 bridgehead atoms. The van der Waals surface area contributed by atoms with E-state index in [0.29, 0.717) is 18.8 Å². The molecule has 2 heterocycles. The number of rotatable bonds is 12. The molecule has 0 fully saturated rings. The lowest BCUT2D eigenvalue weighted by Crippen LogP contribution is -2.32. The van der Waals surface area contributed by atoms with Crippen LogP contribution >= 0.6 is 0 Å². The van der Waals surface area contributed by atoms with Crippen molar-refractivity contribution in [2.45, 2.75) is 58.3 Å². The Labute approximate surface area is 188 Å². The molecule has 0 aliphatic heterocycles. The summed E-state index contributed by atoms with van der Waals surface area (Å²) in [4.78, 5) is 18.8. The molecule has 0 unspecified atom stereocenters. The SMILES string of the molecule is CCCCc1nc(C(CCC)(OC)OC)nn1Cc1ccc(-c2ccc(C(=O)O)[nH]2)cc1. The number of ether oxygens (including phenoxy) is 2. The Kier molecular flexibility index (Phi) is 7.82. The number of carboxylic acids is 1. The van der Waals surface area contributed by atoms with Crippen molar-refractivity contribution in [3.63, 3.8) is 0 Å². The zero-order chi connectivity index (χ0) is 23.1. The van der Waals surface area contributed by atoms with Crippen LogP contribution in [0.3, 0.4) is 0 Å². The molecule has 0 saturated carbocycles. The monoisotopic (exact) mass is 440 g/mol. The second-order valence-corrected chi connectivity index (χ2v) is 7.81. The molecule has 0 radical (unpaired) electrons. The van der Waals surface area contributed by atoms with Gasteiger partial charge in [-0.2, -0.15) is 0 Å². The maximum atomic E-state index is 11.1. The van der Waals surface area contributed by atoms with Crippen LogP contribution in [0.2, 0.25) is 0 Å². The van der Waals surface area contributed by atoms with E-state index in [-0.39, 0.29) is 5.69 Å². The molecular formula is C24H32N4O4. The fourth-order valence-corrected chi connectivity index (χ4v) is 3.74. The molecule has 3 rings (SSSR count). The van der Waals surface area contributed by atoms with Crippen molar-refractivity contribution in [3.8, 4) is 11.3 Å². The molecular weight excluding hydrogens is 408 g/mol. The second-order valence-electron chi connectivity index (χ2n) is 7.81. The number of nitrogens with one attached hydrogen (secondary N) is 1. The molecule has 32 heavy (non-hydrogen) atoms. The van der Waals surface area contributed by atoms with Gasteiger partial charge in [0, 0.05) is 32.8 Å². The predicted octanol–water partition coefficient (Wildman–Crippen LogP) is 4.61. The number of carboxylic acid groups (broad SMARTS) is 1. The second kappa shape index (κ2) is 10.6. The van der Waals surface area contributed by atoms with Crippen molar-refractivity contribution in [3.05, 3.63) is 59.3 Å². The van der Waals surface area contributed by atoms with Gasteiger partial charge in [0.25, 0.3) is 0 Å². The largest absolute Gasteiger partial charge is 0.477 e. The molecule has 0 aliphatic carbocycles. The smallest absolute Gasteiger partial charge is 0.352 e. The molecule has 8 nitrogen and oxygen atoms in total. The highest BCUT2D eigenvalue weighted by atomic mass is 16.7. The fraction of sp³-hybridized carbons (Fsp3) is 0.458. The Balaban J connectivity index is 1.86. The number of aryl methyl sites for hydroxylation is 1. The summed E-state index contributed by atoms with van der Waals surface area (Å²) in [5.41, 5.74) is 2.94. The van der Waals surface area contributed by atoms with E-state index >= 15 is 0 Å². The van der Waals surface area contributed by atoms with E-state index in [9.17, 15) is 4.79 Å². The van der Waals surface area contributed by atoms with Crippen LogP contribution in [0.15, 0.2) is 36.4 Å². The first-order chi connectivity index (χ1) is 15.5. The van der Waals surface area contributed by atoms with Gasteiger partial charge in [-0.05, 0) is 29.7 Å². The summed E-state index contributed by atoms with van der Waals surface area (Å²) >= 11 is 0. The third-order valence-corrected chi connectivity index (χ3v) is 5.60. The quantitative estimate of drug-likeness (QED) is 0.399. The minimum Gasteiger partial charge on any atom is -0.477 e. The molecule has 0 spiro atoms. The average molecular weight is 441 g/mol. The first-order valence-electron chi connectivity index (χ1n) is 11.0. The number of hydrogen-bond acceptors (Lipinski definition) is 5. The Hall–Kier alpha value is -2.97. The van der Waals surface area contributed by atoms with Gasteiger partial charge in [-0.3, -0.25) is 0 Å².